The summed E-state index contributed by atoms with van der Waals surface area (Å²) >= 11 is 13.4. The topological polar surface area (TPSA) is 58.6 Å². The van der Waals surface area contributed by atoms with E-state index in [9.17, 15) is 9.59 Å². The van der Waals surface area contributed by atoms with Crippen LogP contribution < -0.4 is 10.1 Å². The van der Waals surface area contributed by atoms with Gasteiger partial charge in [-0.3, -0.25) is 9.59 Å². The van der Waals surface area contributed by atoms with Crippen molar-refractivity contribution in [1.29, 1.82) is 0 Å². The molecule has 0 spiro atoms. The van der Waals surface area contributed by atoms with E-state index < -0.39 is 0 Å². The summed E-state index contributed by atoms with van der Waals surface area (Å²) in [5, 5.41) is 7.80. The van der Waals surface area contributed by atoms with Crippen LogP contribution in [0.4, 0.5) is 0 Å². The van der Waals surface area contributed by atoms with Gasteiger partial charge in [0.1, 0.15) is 5.75 Å². The number of likely N-dealkylation sites (tertiary alicyclic amines) is 1. The Bertz CT molecular complexity index is 806. The van der Waals surface area contributed by atoms with Crippen molar-refractivity contribution in [2.75, 3.05) is 19.7 Å². The van der Waals surface area contributed by atoms with Gasteiger partial charge in [0.05, 0.1) is 11.6 Å². The molecule has 150 valence electrons. The number of amides is 2. The molecule has 0 atom stereocenters. The molecule has 8 heteroatoms. The Morgan fingerprint density at radius 3 is 2.68 bits per heavy atom. The van der Waals surface area contributed by atoms with Crippen LogP contribution in [0.5, 0.6) is 5.75 Å². The van der Waals surface area contributed by atoms with E-state index >= 15 is 0 Å². The smallest absolute Gasteiger partial charge is 0.252 e. The zero-order chi connectivity index (χ0) is 19.9. The van der Waals surface area contributed by atoms with Gasteiger partial charge < -0.3 is 15.0 Å². The third kappa shape index (κ3) is 5.87. The van der Waals surface area contributed by atoms with Crippen LogP contribution in [0.1, 0.15) is 36.0 Å². The highest BCUT2D eigenvalue weighted by Gasteiger charge is 2.24. The Labute approximate surface area is 178 Å². The van der Waals surface area contributed by atoms with Gasteiger partial charge in [0, 0.05) is 41.5 Å². The summed E-state index contributed by atoms with van der Waals surface area (Å²) in [6.45, 7) is 1.74. The Morgan fingerprint density at radius 1 is 1.21 bits per heavy atom. The first-order chi connectivity index (χ1) is 13.5. The highest BCUT2D eigenvalue weighted by molar-refractivity contribution is 7.08. The van der Waals surface area contributed by atoms with Gasteiger partial charge in [-0.1, -0.05) is 23.2 Å². The molecule has 2 amide bonds. The number of piperidine rings is 1. The van der Waals surface area contributed by atoms with Gasteiger partial charge in [-0.15, -0.1) is 0 Å². The maximum atomic E-state index is 12.4. The monoisotopic (exact) mass is 440 g/mol. The summed E-state index contributed by atoms with van der Waals surface area (Å²) in [5.41, 5.74) is 0.698. The molecule has 28 heavy (non-hydrogen) atoms. The molecule has 1 fully saturated rings. The molecule has 1 aliphatic rings. The predicted molar refractivity (Wildman–Crippen MR) is 113 cm³/mol. The summed E-state index contributed by atoms with van der Waals surface area (Å²) < 4.78 is 5.62. The third-order valence-corrected chi connectivity index (χ3v) is 5.87. The van der Waals surface area contributed by atoms with Crippen LogP contribution in [0.3, 0.4) is 0 Å². The number of nitrogens with zero attached hydrogens (tertiary/aromatic N) is 1. The highest BCUT2D eigenvalue weighted by Crippen LogP contribution is 2.27. The number of ether oxygens (including phenoxy) is 1. The molecule has 0 saturated carbocycles. The van der Waals surface area contributed by atoms with E-state index in [1.807, 2.05) is 21.7 Å². The Kier molecular flexibility index (Phi) is 7.59. The van der Waals surface area contributed by atoms with Crippen LogP contribution in [-0.2, 0) is 4.79 Å². The second-order valence-corrected chi connectivity index (χ2v) is 8.29. The zero-order valence-electron chi connectivity index (χ0n) is 15.3. The number of nitrogens with one attached hydrogen (secondary N) is 1. The van der Waals surface area contributed by atoms with Crippen LogP contribution >= 0.6 is 34.5 Å². The SMILES string of the molecule is O=C(NC1CCN(C(=O)CCCOc2ccc(Cl)cc2Cl)CC1)c1ccsc1. The van der Waals surface area contributed by atoms with Crippen molar-refractivity contribution >= 4 is 46.4 Å². The van der Waals surface area contributed by atoms with Crippen molar-refractivity contribution in [2.45, 2.75) is 31.7 Å². The quantitative estimate of drug-likeness (QED) is 0.638. The first-order valence-electron chi connectivity index (χ1n) is 9.21. The maximum absolute atomic E-state index is 12.4. The van der Waals surface area contributed by atoms with Gasteiger partial charge in [-0.25, -0.2) is 0 Å². The zero-order valence-corrected chi connectivity index (χ0v) is 17.7. The Balaban J connectivity index is 1.34. The lowest BCUT2D eigenvalue weighted by Gasteiger charge is -2.32. The molecule has 0 aliphatic carbocycles. The Hall–Kier alpha value is -1.76. The van der Waals surface area contributed by atoms with Crippen molar-refractivity contribution in [2.24, 2.45) is 0 Å². The molecular weight excluding hydrogens is 419 g/mol. The molecule has 5 nitrogen and oxygen atoms in total. The Morgan fingerprint density at radius 2 is 2.00 bits per heavy atom. The summed E-state index contributed by atoms with van der Waals surface area (Å²) in [6.07, 6.45) is 2.60. The minimum absolute atomic E-state index is 0.0379. The number of rotatable bonds is 7. The molecule has 2 aromatic rings. The number of thiophene rings is 1. The van der Waals surface area contributed by atoms with E-state index in [0.29, 0.717) is 53.9 Å². The number of carbonyl (C=O) groups excluding carboxylic acids is 2. The normalized spacial score (nSPS) is 14.7. The van der Waals surface area contributed by atoms with E-state index in [2.05, 4.69) is 5.32 Å². The predicted octanol–water partition coefficient (Wildman–Crippen LogP) is 4.63. The van der Waals surface area contributed by atoms with E-state index in [1.54, 1.807) is 18.2 Å². The molecule has 2 heterocycles. The lowest BCUT2D eigenvalue weighted by Crippen LogP contribution is -2.46. The number of halogens is 2. The number of hydrogen-bond acceptors (Lipinski definition) is 4. The molecule has 1 saturated heterocycles. The first kappa shape index (κ1) is 21.0. The molecule has 0 radical (unpaired) electrons. The fourth-order valence-electron chi connectivity index (χ4n) is 3.09. The minimum Gasteiger partial charge on any atom is -0.492 e. The summed E-state index contributed by atoms with van der Waals surface area (Å²) in [4.78, 5) is 26.3. The van der Waals surface area contributed by atoms with E-state index in [4.69, 9.17) is 27.9 Å². The van der Waals surface area contributed by atoms with Gasteiger partial charge in [-0.2, -0.15) is 11.3 Å². The largest absolute Gasteiger partial charge is 0.492 e. The van der Waals surface area contributed by atoms with Gasteiger partial charge in [-0.05, 0) is 48.9 Å². The molecule has 1 aliphatic heterocycles. The van der Waals surface area contributed by atoms with Crippen molar-refractivity contribution in [3.05, 3.63) is 50.6 Å². The molecule has 3 rings (SSSR count). The van der Waals surface area contributed by atoms with Crippen molar-refractivity contribution in [1.82, 2.24) is 10.2 Å². The van der Waals surface area contributed by atoms with Crippen LogP contribution in [-0.4, -0.2) is 42.5 Å². The highest BCUT2D eigenvalue weighted by atomic mass is 35.5. The average molecular weight is 441 g/mol. The molecule has 0 bridgehead atoms. The van der Waals surface area contributed by atoms with Crippen LogP contribution in [0.15, 0.2) is 35.0 Å². The molecule has 1 N–H and O–H groups in total. The summed E-state index contributed by atoms with van der Waals surface area (Å²) in [7, 11) is 0. The first-order valence-corrected chi connectivity index (χ1v) is 10.9. The minimum atomic E-state index is -0.0379. The van der Waals surface area contributed by atoms with Crippen LogP contribution in [0, 0.1) is 0 Å². The standard InChI is InChI=1S/C20H22Cl2N2O3S/c21-15-3-4-18(17(22)12-15)27-10-1-2-19(25)24-8-5-16(6-9-24)23-20(26)14-7-11-28-13-14/h3-4,7,11-13,16H,1-2,5-6,8-10H2,(H,23,26). The number of carbonyl (C=O) groups is 2. The van der Waals surface area contributed by atoms with E-state index in [-0.39, 0.29) is 17.9 Å². The molecule has 1 aromatic heterocycles. The van der Waals surface area contributed by atoms with Crippen LogP contribution in [0.25, 0.3) is 0 Å². The number of hydrogen-bond donors (Lipinski definition) is 1. The van der Waals surface area contributed by atoms with E-state index in [1.165, 1.54) is 11.3 Å². The summed E-state index contributed by atoms with van der Waals surface area (Å²) in [6, 6.07) is 7.01. The second-order valence-electron chi connectivity index (χ2n) is 6.67. The molecule has 0 unspecified atom stereocenters. The van der Waals surface area contributed by atoms with Gasteiger partial charge in [0.25, 0.3) is 5.91 Å². The van der Waals surface area contributed by atoms with Gasteiger partial charge in [0.15, 0.2) is 0 Å². The van der Waals surface area contributed by atoms with E-state index in [0.717, 1.165) is 12.8 Å². The second kappa shape index (κ2) is 10.1. The molecule has 1 aromatic carbocycles. The lowest BCUT2D eigenvalue weighted by molar-refractivity contribution is -0.132. The third-order valence-electron chi connectivity index (χ3n) is 4.65. The van der Waals surface area contributed by atoms with Crippen molar-refractivity contribution in [3.8, 4) is 5.75 Å². The van der Waals surface area contributed by atoms with Gasteiger partial charge in [0.2, 0.25) is 5.91 Å². The van der Waals surface area contributed by atoms with Crippen molar-refractivity contribution < 1.29 is 14.3 Å². The fraction of sp³-hybridized carbons (Fsp3) is 0.400. The van der Waals surface area contributed by atoms with Crippen molar-refractivity contribution in [3.63, 3.8) is 0 Å². The van der Waals surface area contributed by atoms with Gasteiger partial charge >= 0.3 is 0 Å². The fourth-order valence-corrected chi connectivity index (χ4v) is 4.19. The van der Waals surface area contributed by atoms with Crippen LogP contribution in [0.2, 0.25) is 10.0 Å². The number of benzene rings is 1. The lowest BCUT2D eigenvalue weighted by atomic mass is 10.0. The molecular formula is C20H22Cl2N2O3S. The maximum Gasteiger partial charge on any atom is 0.252 e. The summed E-state index contributed by atoms with van der Waals surface area (Å²) in [5.74, 6) is 0.651. The average Bonchev–Trinajstić information content (AvgIpc) is 3.22.